The first kappa shape index (κ1) is 34.7. The Bertz CT molecular complexity index is 1480. The summed E-state index contributed by atoms with van der Waals surface area (Å²) in [4.78, 5) is 44.3. The first-order valence-corrected chi connectivity index (χ1v) is 17.8. The maximum Gasteiger partial charge on any atom is 0.309 e. The third-order valence-corrected chi connectivity index (χ3v) is 9.05. The summed E-state index contributed by atoms with van der Waals surface area (Å²) >= 11 is 0. The zero-order valence-electron chi connectivity index (χ0n) is 24.4. The molecular weight excluding hydrogens is 598 g/mol. The zero-order chi connectivity index (χ0) is 31.6. The van der Waals surface area contributed by atoms with Crippen LogP contribution < -0.4 is 0 Å². The van der Waals surface area contributed by atoms with Crippen LogP contribution in [0.2, 0.25) is 0 Å². The molecule has 0 aromatic heterocycles. The van der Waals surface area contributed by atoms with Gasteiger partial charge in [0.2, 0.25) is 7.37 Å². The molecule has 232 valence electrons. The Labute approximate surface area is 259 Å². The lowest BCUT2D eigenvalue weighted by atomic mass is 10.1. The first-order valence-electron chi connectivity index (χ1n) is 14.2. The highest BCUT2D eigenvalue weighted by Gasteiger charge is 2.31. The van der Waals surface area contributed by atoms with Crippen LogP contribution in [0, 0.1) is 5.92 Å². The molecule has 0 fully saturated rings. The second kappa shape index (κ2) is 18.8. The highest BCUT2D eigenvalue weighted by atomic mass is 31.2. The van der Waals surface area contributed by atoms with Crippen molar-refractivity contribution in [2.24, 2.45) is 5.92 Å². The van der Waals surface area contributed by atoms with Gasteiger partial charge in [-0.15, -0.1) is 0 Å². The molecule has 2 N–H and O–H groups in total. The van der Waals surface area contributed by atoms with Gasteiger partial charge in [0.05, 0.1) is 5.92 Å². The van der Waals surface area contributed by atoms with E-state index in [4.69, 9.17) is 14.4 Å². The van der Waals surface area contributed by atoms with E-state index >= 15 is 0 Å². The number of ether oxygens (including phenoxy) is 2. The zero-order valence-corrected chi connectivity index (χ0v) is 26.3. The maximum absolute atomic E-state index is 13.0. The molecule has 0 aliphatic rings. The Morgan fingerprint density at radius 2 is 1.11 bits per heavy atom. The van der Waals surface area contributed by atoms with Crippen LogP contribution in [0.15, 0.2) is 121 Å². The normalized spacial score (nSPS) is 13.3. The smallest absolute Gasteiger partial charge is 0.309 e. The summed E-state index contributed by atoms with van der Waals surface area (Å²) in [5, 5.41) is 0. The topological polar surface area (TPSA) is 127 Å². The molecule has 0 aliphatic heterocycles. The maximum atomic E-state index is 13.0. The van der Waals surface area contributed by atoms with Crippen LogP contribution in [-0.4, -0.2) is 27.9 Å². The largest absolute Gasteiger partial charge is 0.461 e. The number of esters is 2. The van der Waals surface area contributed by atoms with E-state index in [1.807, 2.05) is 97.1 Å². The fourth-order valence-corrected chi connectivity index (χ4v) is 6.80. The van der Waals surface area contributed by atoms with Crippen LogP contribution in [0.5, 0.6) is 0 Å². The molecular formula is C34H38O8P2. The summed E-state index contributed by atoms with van der Waals surface area (Å²) in [7, 11) is -6.03. The van der Waals surface area contributed by atoms with E-state index in [9.17, 15) is 23.6 Å². The van der Waals surface area contributed by atoms with Gasteiger partial charge in [-0.2, -0.15) is 0 Å². The highest BCUT2D eigenvalue weighted by molar-refractivity contribution is 7.57. The van der Waals surface area contributed by atoms with Crippen molar-refractivity contribution in [3.8, 4) is 0 Å². The first-order chi connectivity index (χ1) is 21.2. The molecule has 4 aromatic rings. The predicted octanol–water partition coefficient (Wildman–Crippen LogP) is 6.99. The molecule has 0 heterocycles. The Morgan fingerprint density at radius 1 is 0.682 bits per heavy atom. The number of hydrogen-bond acceptors (Lipinski definition) is 6. The van der Waals surface area contributed by atoms with E-state index in [2.05, 4.69) is 0 Å². The quantitative estimate of drug-likeness (QED) is 0.112. The van der Waals surface area contributed by atoms with Gasteiger partial charge >= 0.3 is 11.9 Å². The Morgan fingerprint density at radius 3 is 1.59 bits per heavy atom. The summed E-state index contributed by atoms with van der Waals surface area (Å²) in [5.41, 5.74) is 3.31. The number of carbonyl (C=O) groups excluding carboxylic acids is 2. The van der Waals surface area contributed by atoms with Crippen molar-refractivity contribution in [1.82, 2.24) is 0 Å². The van der Waals surface area contributed by atoms with Crippen molar-refractivity contribution in [2.45, 2.75) is 38.4 Å². The van der Waals surface area contributed by atoms with Crippen LogP contribution in [-0.2, 0) is 53.7 Å². The molecule has 0 bridgehead atoms. The Balaban J connectivity index is 0.000000448. The van der Waals surface area contributed by atoms with Crippen molar-refractivity contribution >= 4 is 27.3 Å². The summed E-state index contributed by atoms with van der Waals surface area (Å²) < 4.78 is 34.0. The molecule has 3 atom stereocenters. The molecule has 0 saturated carbocycles. The number of rotatable bonds is 14. The molecule has 4 aromatic carbocycles. The minimum atomic E-state index is -3.70. The van der Waals surface area contributed by atoms with Gasteiger partial charge in [0.15, 0.2) is 8.03 Å². The van der Waals surface area contributed by atoms with Gasteiger partial charge in [0, 0.05) is 24.9 Å². The minimum Gasteiger partial charge on any atom is -0.461 e. The fourth-order valence-electron chi connectivity index (χ4n) is 4.28. The van der Waals surface area contributed by atoms with Crippen molar-refractivity contribution in [3.05, 3.63) is 144 Å². The van der Waals surface area contributed by atoms with E-state index in [0.717, 1.165) is 16.7 Å². The third kappa shape index (κ3) is 14.1. The van der Waals surface area contributed by atoms with Crippen molar-refractivity contribution in [3.63, 3.8) is 0 Å². The van der Waals surface area contributed by atoms with Gasteiger partial charge in [0.1, 0.15) is 13.2 Å². The van der Waals surface area contributed by atoms with Gasteiger partial charge in [-0.3, -0.25) is 18.7 Å². The van der Waals surface area contributed by atoms with Gasteiger partial charge in [-0.25, -0.2) is 0 Å². The second-order valence-electron chi connectivity index (χ2n) is 10.2. The predicted molar refractivity (Wildman–Crippen MR) is 171 cm³/mol. The third-order valence-electron chi connectivity index (χ3n) is 6.47. The van der Waals surface area contributed by atoms with Crippen LogP contribution >= 0.6 is 15.4 Å². The lowest BCUT2D eigenvalue weighted by molar-refractivity contribution is -0.150. The van der Waals surface area contributed by atoms with Crippen LogP contribution in [0.4, 0.5) is 0 Å². The second-order valence-corrected chi connectivity index (χ2v) is 13.7. The number of carbonyl (C=O) groups is 2. The SMILES string of the molecule is O=C(CCC(CP(=O)(O)Cc1ccccc1)C(=O)OCc1ccccc1)OCc1ccccc1.O=[PH](O)Cc1ccccc1. The fraction of sp³-hybridized carbons (Fsp3) is 0.235. The highest BCUT2D eigenvalue weighted by Crippen LogP contribution is 2.47. The van der Waals surface area contributed by atoms with Gasteiger partial charge < -0.3 is 19.3 Å². The molecule has 0 amide bonds. The molecule has 3 unspecified atom stereocenters. The molecule has 0 saturated heterocycles. The molecule has 8 nitrogen and oxygen atoms in total. The average Bonchev–Trinajstić information content (AvgIpc) is 3.02. The lowest BCUT2D eigenvalue weighted by Gasteiger charge is -2.19. The molecule has 0 spiro atoms. The summed E-state index contributed by atoms with van der Waals surface area (Å²) in [6.45, 7) is 0.193. The summed E-state index contributed by atoms with van der Waals surface area (Å²) in [6, 6.07) is 36.7. The van der Waals surface area contributed by atoms with Crippen molar-refractivity contribution in [1.29, 1.82) is 0 Å². The van der Waals surface area contributed by atoms with Gasteiger partial charge in [0.25, 0.3) is 0 Å². The lowest BCUT2D eigenvalue weighted by Crippen LogP contribution is -2.23. The van der Waals surface area contributed by atoms with Crippen LogP contribution in [0.3, 0.4) is 0 Å². The van der Waals surface area contributed by atoms with E-state index in [0.29, 0.717) is 11.7 Å². The molecule has 0 radical (unpaired) electrons. The Kier molecular flexibility index (Phi) is 14.8. The van der Waals surface area contributed by atoms with Gasteiger partial charge in [-0.05, 0) is 28.7 Å². The molecule has 10 heteroatoms. The summed E-state index contributed by atoms with van der Waals surface area (Å²) in [6.07, 6.45) is 0.00556. The van der Waals surface area contributed by atoms with E-state index < -0.39 is 33.3 Å². The number of hydrogen-bond donors (Lipinski definition) is 2. The van der Waals surface area contributed by atoms with Crippen LogP contribution in [0.25, 0.3) is 0 Å². The monoisotopic (exact) mass is 636 g/mol. The number of benzene rings is 4. The van der Waals surface area contributed by atoms with Crippen LogP contribution in [0.1, 0.15) is 35.1 Å². The molecule has 4 rings (SSSR count). The average molecular weight is 637 g/mol. The molecule has 0 aliphatic carbocycles. The van der Waals surface area contributed by atoms with E-state index in [1.54, 1.807) is 24.3 Å². The van der Waals surface area contributed by atoms with E-state index in [1.165, 1.54) is 0 Å². The Hall–Kier alpha value is -3.80. The standard InChI is InChI=1S/C27H29O6P.C7H9O2P/c28-26(32-18-22-10-4-1-5-11-22)17-16-25(27(29)33-19-23-12-6-2-7-13-23)21-34(30,31)20-24-14-8-3-9-15-24;8-10(9)6-7-4-2-1-3-5-7/h1-15,25H,16-21H2,(H,30,31);1-5,10H,6H2,(H,8,9). The van der Waals surface area contributed by atoms with Crippen molar-refractivity contribution < 1.29 is 38.0 Å². The molecule has 44 heavy (non-hydrogen) atoms. The summed E-state index contributed by atoms with van der Waals surface area (Å²) in [5.74, 6) is -1.96. The minimum absolute atomic E-state index is 0.0469. The van der Waals surface area contributed by atoms with E-state index in [-0.39, 0.29) is 38.4 Å². The van der Waals surface area contributed by atoms with Gasteiger partial charge in [-0.1, -0.05) is 121 Å². The van der Waals surface area contributed by atoms with Crippen molar-refractivity contribution in [2.75, 3.05) is 6.16 Å².